The third kappa shape index (κ3) is 3.72. The minimum absolute atomic E-state index is 0.171. The molecule has 3 aromatic heterocycles. The van der Waals surface area contributed by atoms with Gasteiger partial charge in [-0.15, -0.1) is 0 Å². The largest absolute Gasteiger partial charge is 0.375 e. The maximum Gasteiger partial charge on any atom is 0.269 e. The normalized spacial score (nSPS) is 18.0. The van der Waals surface area contributed by atoms with Crippen LogP contribution in [0.4, 0.5) is 0 Å². The molecule has 0 bridgehead atoms. The minimum atomic E-state index is -3.89. The van der Waals surface area contributed by atoms with Gasteiger partial charge in [0.2, 0.25) is 0 Å². The number of hydrogen-bond acceptors (Lipinski definition) is 6. The molecular formula is C28H25N5O4S. The van der Waals surface area contributed by atoms with Crippen molar-refractivity contribution in [3.63, 3.8) is 0 Å². The number of rotatable bonds is 5. The van der Waals surface area contributed by atoms with E-state index in [1.165, 1.54) is 8.87 Å². The summed E-state index contributed by atoms with van der Waals surface area (Å²) >= 11 is 0. The van der Waals surface area contributed by atoms with Crippen LogP contribution < -0.4 is 0 Å². The number of aliphatic hydroxyl groups is 1. The van der Waals surface area contributed by atoms with Crippen LogP contribution in [0.25, 0.3) is 28.0 Å². The maximum atomic E-state index is 13.5. The van der Waals surface area contributed by atoms with E-state index < -0.39 is 15.6 Å². The molecule has 4 heterocycles. The smallest absolute Gasteiger partial charge is 0.269 e. The van der Waals surface area contributed by atoms with Gasteiger partial charge in [0.05, 0.1) is 16.3 Å². The van der Waals surface area contributed by atoms with Crippen LogP contribution in [0.3, 0.4) is 0 Å². The number of aryl methyl sites for hydroxylation is 1. The molecule has 1 unspecified atom stereocenters. The zero-order valence-corrected chi connectivity index (χ0v) is 21.6. The lowest BCUT2D eigenvalue weighted by Crippen LogP contribution is -2.36. The third-order valence-corrected chi connectivity index (χ3v) is 8.74. The number of nitrogens with zero attached hydrogens (tertiary/aromatic N) is 5. The quantitative estimate of drug-likeness (QED) is 0.375. The van der Waals surface area contributed by atoms with Gasteiger partial charge in [0, 0.05) is 49.6 Å². The van der Waals surface area contributed by atoms with Gasteiger partial charge in [-0.1, -0.05) is 29.8 Å². The topological polar surface area (TPSA) is 110 Å². The van der Waals surface area contributed by atoms with Crippen LogP contribution >= 0.6 is 0 Å². The highest BCUT2D eigenvalue weighted by Crippen LogP contribution is 2.34. The molecule has 1 aliphatic rings. The van der Waals surface area contributed by atoms with Gasteiger partial charge in [0.25, 0.3) is 15.9 Å². The lowest BCUT2D eigenvalue weighted by atomic mass is 9.92. The van der Waals surface area contributed by atoms with E-state index in [9.17, 15) is 18.3 Å². The molecule has 38 heavy (non-hydrogen) atoms. The fourth-order valence-electron chi connectivity index (χ4n) is 4.88. The molecule has 1 N–H and O–H groups in total. The highest BCUT2D eigenvalue weighted by molar-refractivity contribution is 7.90. The Balaban J connectivity index is 1.42. The molecule has 0 saturated carbocycles. The average Bonchev–Trinajstić information content (AvgIpc) is 3.63. The van der Waals surface area contributed by atoms with Crippen molar-refractivity contribution in [3.05, 3.63) is 96.4 Å². The Morgan fingerprint density at radius 2 is 1.82 bits per heavy atom. The van der Waals surface area contributed by atoms with Gasteiger partial charge in [-0.25, -0.2) is 22.1 Å². The SMILES string of the molecule is Cc1ccc(S(=O)(=O)n2cc(-c3ccn(-c4cccc(C5(O)CCN(C)C5=O)c4)n3)c3cccnc32)cc1. The molecule has 9 nitrogen and oxygen atoms in total. The molecule has 6 rings (SSSR count). The summed E-state index contributed by atoms with van der Waals surface area (Å²) in [4.78, 5) is 18.6. The summed E-state index contributed by atoms with van der Waals surface area (Å²) < 4.78 is 29.9. The number of aromatic nitrogens is 4. The number of carbonyl (C=O) groups is 1. The van der Waals surface area contributed by atoms with Gasteiger partial charge in [0.15, 0.2) is 11.2 Å². The first-order valence-corrected chi connectivity index (χ1v) is 13.6. The molecule has 1 amide bonds. The van der Waals surface area contributed by atoms with Gasteiger partial charge >= 0.3 is 0 Å². The Morgan fingerprint density at radius 3 is 2.55 bits per heavy atom. The van der Waals surface area contributed by atoms with E-state index in [-0.39, 0.29) is 10.8 Å². The van der Waals surface area contributed by atoms with E-state index in [2.05, 4.69) is 4.98 Å². The molecule has 0 spiro atoms. The number of hydrogen-bond donors (Lipinski definition) is 1. The van der Waals surface area contributed by atoms with Crippen LogP contribution in [0.5, 0.6) is 0 Å². The zero-order valence-electron chi connectivity index (χ0n) is 20.8. The van der Waals surface area contributed by atoms with Gasteiger partial charge in [-0.3, -0.25) is 4.79 Å². The van der Waals surface area contributed by atoms with Crippen LogP contribution in [0.1, 0.15) is 17.5 Å². The van der Waals surface area contributed by atoms with Crippen LogP contribution in [0, 0.1) is 6.92 Å². The fourth-order valence-corrected chi connectivity index (χ4v) is 6.20. The lowest BCUT2D eigenvalue weighted by Gasteiger charge is -2.21. The second-order valence-corrected chi connectivity index (χ2v) is 11.4. The first-order chi connectivity index (χ1) is 18.2. The van der Waals surface area contributed by atoms with E-state index in [0.29, 0.717) is 46.5 Å². The van der Waals surface area contributed by atoms with Crippen molar-refractivity contribution < 1.29 is 18.3 Å². The summed E-state index contributed by atoms with van der Waals surface area (Å²) in [6.45, 7) is 2.38. The minimum Gasteiger partial charge on any atom is -0.375 e. The maximum absolute atomic E-state index is 13.5. The number of pyridine rings is 1. The molecular weight excluding hydrogens is 502 g/mol. The number of likely N-dealkylation sites (tertiary alicyclic amines) is 1. The highest BCUT2D eigenvalue weighted by Gasteiger charge is 2.45. The number of likely N-dealkylation sites (N-methyl/N-ethyl adjacent to an activating group) is 1. The van der Waals surface area contributed by atoms with Crippen molar-refractivity contribution in [1.29, 1.82) is 0 Å². The molecule has 192 valence electrons. The molecule has 1 fully saturated rings. The summed E-state index contributed by atoms with van der Waals surface area (Å²) in [6, 6.07) is 19.2. The van der Waals surface area contributed by atoms with E-state index in [1.807, 2.05) is 19.1 Å². The highest BCUT2D eigenvalue weighted by atomic mass is 32.2. The Bertz CT molecular complexity index is 1810. The van der Waals surface area contributed by atoms with Crippen LogP contribution in [0.2, 0.25) is 0 Å². The monoisotopic (exact) mass is 527 g/mol. The predicted octanol–water partition coefficient (Wildman–Crippen LogP) is 3.48. The number of fused-ring (bicyclic) bond motifs is 1. The first-order valence-electron chi connectivity index (χ1n) is 12.1. The van der Waals surface area contributed by atoms with Crippen LogP contribution in [-0.4, -0.2) is 56.7 Å². The third-order valence-electron chi connectivity index (χ3n) is 7.07. The molecule has 1 saturated heterocycles. The first kappa shape index (κ1) is 24.1. The molecule has 1 atom stereocenters. The average molecular weight is 528 g/mol. The molecule has 0 aliphatic carbocycles. The van der Waals surface area contributed by atoms with E-state index >= 15 is 0 Å². The molecule has 5 aromatic rings. The van der Waals surface area contributed by atoms with Gasteiger partial charge in [-0.2, -0.15) is 5.10 Å². The number of amides is 1. The van der Waals surface area contributed by atoms with E-state index in [4.69, 9.17) is 5.10 Å². The van der Waals surface area contributed by atoms with E-state index in [0.717, 1.165) is 5.56 Å². The molecule has 10 heteroatoms. The van der Waals surface area contributed by atoms with Crippen LogP contribution in [0.15, 0.2) is 90.2 Å². The Kier molecular flexibility index (Phi) is 5.48. The fraction of sp³-hybridized carbons (Fsp3) is 0.179. The summed E-state index contributed by atoms with van der Waals surface area (Å²) in [5, 5.41) is 16.4. The van der Waals surface area contributed by atoms with Gasteiger partial charge < -0.3 is 10.0 Å². The molecule has 2 aromatic carbocycles. The lowest BCUT2D eigenvalue weighted by molar-refractivity contribution is -0.143. The van der Waals surface area contributed by atoms with Crippen molar-refractivity contribution in [3.8, 4) is 16.9 Å². The van der Waals surface area contributed by atoms with E-state index in [1.54, 1.807) is 84.9 Å². The zero-order chi connectivity index (χ0) is 26.7. The summed E-state index contributed by atoms with van der Waals surface area (Å²) in [5.41, 5.74) is 2.05. The molecule has 1 aliphatic heterocycles. The van der Waals surface area contributed by atoms with Crippen molar-refractivity contribution in [1.82, 2.24) is 23.6 Å². The summed E-state index contributed by atoms with van der Waals surface area (Å²) in [5.74, 6) is -0.328. The standard InChI is InChI=1S/C28H25N5O4S/c1-19-8-10-22(11-9-19)38(36,37)33-18-24(23-7-4-14-29-26(23)33)25-12-15-32(30-25)21-6-3-5-20(17-21)28(35)13-16-31(2)27(28)34/h3-12,14-15,17-18,35H,13,16H2,1-2H3. The second-order valence-electron chi connectivity index (χ2n) is 9.56. The Labute approximate surface area is 219 Å². The number of benzene rings is 2. The van der Waals surface area contributed by atoms with Crippen molar-refractivity contribution in [2.24, 2.45) is 0 Å². The Morgan fingerprint density at radius 1 is 1.03 bits per heavy atom. The second kappa shape index (κ2) is 8.64. The van der Waals surface area contributed by atoms with Crippen LogP contribution in [-0.2, 0) is 20.4 Å². The van der Waals surface area contributed by atoms with Crippen molar-refractivity contribution >= 4 is 27.0 Å². The van der Waals surface area contributed by atoms with Gasteiger partial charge in [-0.05, 0) is 55.0 Å². The van der Waals surface area contributed by atoms with Crippen molar-refractivity contribution in [2.75, 3.05) is 13.6 Å². The predicted molar refractivity (Wildman–Crippen MR) is 142 cm³/mol. The van der Waals surface area contributed by atoms with Crippen molar-refractivity contribution in [2.45, 2.75) is 23.8 Å². The summed E-state index contributed by atoms with van der Waals surface area (Å²) in [7, 11) is -2.22. The Hall–Kier alpha value is -4.28. The molecule has 0 radical (unpaired) electrons. The van der Waals surface area contributed by atoms with Gasteiger partial charge in [0.1, 0.15) is 0 Å². The summed E-state index contributed by atoms with van der Waals surface area (Å²) in [6.07, 6.45) is 5.18. The number of carbonyl (C=O) groups excluding carboxylic acids is 1.